The van der Waals surface area contributed by atoms with Gasteiger partial charge in [0.2, 0.25) is 0 Å². The maximum Gasteiger partial charge on any atom is 0.338 e. The Labute approximate surface area is 119 Å². The first-order valence-electron chi connectivity index (χ1n) is 6.06. The zero-order valence-corrected chi connectivity index (χ0v) is 11.9. The van der Waals surface area contributed by atoms with Gasteiger partial charge in [-0.3, -0.25) is 5.32 Å². The lowest BCUT2D eigenvalue weighted by atomic mass is 10.1. The molecule has 110 valence electrons. The lowest BCUT2D eigenvalue weighted by molar-refractivity contribution is 0.0572. The summed E-state index contributed by atoms with van der Waals surface area (Å²) < 4.78 is 0. The maximum absolute atomic E-state index is 12.0. The highest BCUT2D eigenvalue weighted by molar-refractivity contribution is 7.16. The van der Waals surface area contributed by atoms with Gasteiger partial charge in [-0.15, -0.1) is 11.3 Å². The van der Waals surface area contributed by atoms with E-state index >= 15 is 0 Å². The van der Waals surface area contributed by atoms with E-state index in [-0.39, 0.29) is 23.7 Å². The highest BCUT2D eigenvalue weighted by Crippen LogP contribution is 2.32. The predicted molar refractivity (Wildman–Crippen MR) is 73.4 cm³/mol. The van der Waals surface area contributed by atoms with E-state index in [9.17, 15) is 24.9 Å². The van der Waals surface area contributed by atoms with Crippen molar-refractivity contribution < 1.29 is 24.9 Å². The Kier molecular flexibility index (Phi) is 3.98. The molecule has 2 heterocycles. The predicted octanol–water partition coefficient (Wildman–Crippen LogP) is 0.632. The molecule has 2 amide bonds. The van der Waals surface area contributed by atoms with Crippen LogP contribution in [0.4, 0.5) is 9.80 Å². The Bertz CT molecular complexity index is 546. The Balaban J connectivity index is 2.17. The normalized spacial score (nSPS) is 22.1. The number of urea groups is 1. The topological polar surface area (TPSA) is 110 Å². The summed E-state index contributed by atoms with van der Waals surface area (Å²) in [6, 6.07) is -0.524. The van der Waals surface area contributed by atoms with Gasteiger partial charge in [-0.1, -0.05) is 0 Å². The third-order valence-electron chi connectivity index (χ3n) is 3.37. The van der Waals surface area contributed by atoms with E-state index in [1.54, 1.807) is 13.8 Å². The van der Waals surface area contributed by atoms with Crippen molar-refractivity contribution in [3.63, 3.8) is 0 Å². The molecule has 1 aromatic rings. The molecule has 0 aromatic carbocycles. The molecule has 1 aliphatic rings. The molecule has 2 unspecified atom stereocenters. The molecule has 20 heavy (non-hydrogen) atoms. The van der Waals surface area contributed by atoms with Crippen LogP contribution < -0.4 is 5.32 Å². The second kappa shape index (κ2) is 5.39. The number of rotatable bonds is 2. The minimum Gasteiger partial charge on any atom is -0.478 e. The molecule has 0 spiro atoms. The molecule has 0 saturated carbocycles. The van der Waals surface area contributed by atoms with Crippen molar-refractivity contribution >= 4 is 28.3 Å². The summed E-state index contributed by atoms with van der Waals surface area (Å²) in [5.41, 5.74) is 0.709. The van der Waals surface area contributed by atoms with Crippen molar-refractivity contribution in [1.29, 1.82) is 0 Å². The standard InChI is InChI=1S/C12H16N2O5S/c1-5-6(2)20-10(9(5)11(17)18)13-12(19)14-3-7(15)8(16)4-14/h7-8,15-16H,3-4H2,1-2H3,(H,13,19)(H,17,18). The molecule has 1 aliphatic heterocycles. The van der Waals surface area contributed by atoms with Crippen LogP contribution in [0, 0.1) is 13.8 Å². The highest BCUT2D eigenvalue weighted by atomic mass is 32.1. The molecule has 2 rings (SSSR count). The number of nitrogens with one attached hydrogen (secondary N) is 1. The number of thiophene rings is 1. The van der Waals surface area contributed by atoms with Gasteiger partial charge in [0.25, 0.3) is 0 Å². The lowest BCUT2D eigenvalue weighted by Crippen LogP contribution is -2.34. The van der Waals surface area contributed by atoms with Gasteiger partial charge < -0.3 is 20.2 Å². The molecule has 8 heteroatoms. The monoisotopic (exact) mass is 300 g/mol. The van der Waals surface area contributed by atoms with Gasteiger partial charge in [-0.2, -0.15) is 0 Å². The van der Waals surface area contributed by atoms with Crippen LogP contribution in [-0.2, 0) is 0 Å². The maximum atomic E-state index is 12.0. The zero-order valence-electron chi connectivity index (χ0n) is 11.1. The van der Waals surface area contributed by atoms with E-state index in [0.717, 1.165) is 4.88 Å². The Morgan fingerprint density at radius 3 is 2.30 bits per heavy atom. The molecule has 2 atom stereocenters. The smallest absolute Gasteiger partial charge is 0.338 e. The fourth-order valence-corrected chi connectivity index (χ4v) is 3.13. The van der Waals surface area contributed by atoms with E-state index in [0.29, 0.717) is 5.56 Å². The molecule has 4 N–H and O–H groups in total. The van der Waals surface area contributed by atoms with Crippen LogP contribution in [0.25, 0.3) is 0 Å². The van der Waals surface area contributed by atoms with Gasteiger partial charge in [0.1, 0.15) is 5.00 Å². The fraction of sp³-hybridized carbons (Fsp3) is 0.500. The van der Waals surface area contributed by atoms with Crippen LogP contribution in [0.2, 0.25) is 0 Å². The second-order valence-electron chi connectivity index (χ2n) is 4.76. The largest absolute Gasteiger partial charge is 0.478 e. The summed E-state index contributed by atoms with van der Waals surface area (Å²) >= 11 is 1.19. The highest BCUT2D eigenvalue weighted by Gasteiger charge is 2.33. The number of carboxylic acids is 1. The van der Waals surface area contributed by atoms with Crippen molar-refractivity contribution in [2.24, 2.45) is 0 Å². The average Bonchev–Trinajstić information content (AvgIpc) is 2.81. The number of carbonyl (C=O) groups excluding carboxylic acids is 1. The molecule has 1 fully saturated rings. The first-order chi connectivity index (χ1) is 9.31. The van der Waals surface area contributed by atoms with Gasteiger partial charge >= 0.3 is 12.0 Å². The Morgan fingerprint density at radius 2 is 1.80 bits per heavy atom. The second-order valence-corrected chi connectivity index (χ2v) is 5.99. The van der Waals surface area contributed by atoms with Crippen molar-refractivity contribution in [3.8, 4) is 0 Å². The van der Waals surface area contributed by atoms with Crippen molar-refractivity contribution in [2.45, 2.75) is 26.1 Å². The summed E-state index contributed by atoms with van der Waals surface area (Å²) in [5, 5.41) is 30.8. The first-order valence-corrected chi connectivity index (χ1v) is 6.88. The van der Waals surface area contributed by atoms with E-state index in [4.69, 9.17) is 0 Å². The Morgan fingerprint density at radius 1 is 1.25 bits per heavy atom. The van der Waals surface area contributed by atoms with Crippen LogP contribution in [0.1, 0.15) is 20.8 Å². The number of carbonyl (C=O) groups is 2. The number of nitrogens with zero attached hydrogens (tertiary/aromatic N) is 1. The van der Waals surface area contributed by atoms with Crippen molar-refractivity contribution in [2.75, 3.05) is 18.4 Å². The number of aryl methyl sites for hydroxylation is 1. The number of likely N-dealkylation sites (tertiary alicyclic amines) is 1. The third kappa shape index (κ3) is 2.62. The number of aromatic carboxylic acids is 1. The first kappa shape index (κ1) is 14.8. The third-order valence-corrected chi connectivity index (χ3v) is 4.49. The lowest BCUT2D eigenvalue weighted by Gasteiger charge is -2.15. The van der Waals surface area contributed by atoms with Crippen LogP contribution in [0.5, 0.6) is 0 Å². The number of hydrogen-bond donors (Lipinski definition) is 4. The summed E-state index contributed by atoms with van der Waals surface area (Å²) in [7, 11) is 0. The molecule has 0 bridgehead atoms. The molecule has 7 nitrogen and oxygen atoms in total. The van der Waals surface area contributed by atoms with Crippen molar-refractivity contribution in [3.05, 3.63) is 16.0 Å². The van der Waals surface area contributed by atoms with Gasteiger partial charge in [0.15, 0.2) is 0 Å². The summed E-state index contributed by atoms with van der Waals surface area (Å²) in [4.78, 5) is 25.3. The fourth-order valence-electron chi connectivity index (χ4n) is 2.08. The quantitative estimate of drug-likeness (QED) is 0.640. The molecule has 1 saturated heterocycles. The summed E-state index contributed by atoms with van der Waals surface area (Å²) in [6.07, 6.45) is -1.93. The molecule has 0 aliphatic carbocycles. The number of aliphatic hydroxyl groups is 2. The molecule has 0 radical (unpaired) electrons. The van der Waals surface area contributed by atoms with Gasteiger partial charge in [0.05, 0.1) is 30.9 Å². The van der Waals surface area contributed by atoms with E-state index in [1.165, 1.54) is 16.2 Å². The molecule has 1 aromatic heterocycles. The molecular formula is C12H16N2O5S. The number of carboxylic acid groups (broad SMARTS) is 1. The average molecular weight is 300 g/mol. The summed E-state index contributed by atoms with van der Waals surface area (Å²) in [6.45, 7) is 3.53. The number of amides is 2. The van der Waals surface area contributed by atoms with Gasteiger partial charge in [-0.25, -0.2) is 9.59 Å². The zero-order chi connectivity index (χ0) is 15.0. The summed E-state index contributed by atoms with van der Waals surface area (Å²) in [5.74, 6) is -1.09. The number of hydrogen-bond acceptors (Lipinski definition) is 5. The van der Waals surface area contributed by atoms with E-state index in [1.807, 2.05) is 0 Å². The number of β-amino-alcohol motifs (C(OH)–C–C–N with tert-alkyl or cyclic N) is 2. The molecular weight excluding hydrogens is 284 g/mol. The van der Waals surface area contributed by atoms with Crippen LogP contribution in [-0.4, -0.2) is 57.5 Å². The minimum absolute atomic E-state index is 0.0265. The number of aliphatic hydroxyl groups excluding tert-OH is 2. The van der Waals surface area contributed by atoms with Gasteiger partial charge in [-0.05, 0) is 19.4 Å². The van der Waals surface area contributed by atoms with Crippen LogP contribution in [0.15, 0.2) is 0 Å². The minimum atomic E-state index is -1.09. The van der Waals surface area contributed by atoms with Crippen LogP contribution >= 0.6 is 11.3 Å². The van der Waals surface area contributed by atoms with Crippen LogP contribution in [0.3, 0.4) is 0 Å². The Hall–Kier alpha value is -1.64. The van der Waals surface area contributed by atoms with E-state index in [2.05, 4.69) is 5.32 Å². The SMILES string of the molecule is Cc1sc(NC(=O)N2CC(O)C(O)C2)c(C(=O)O)c1C. The van der Waals surface area contributed by atoms with Crippen molar-refractivity contribution in [1.82, 2.24) is 4.90 Å². The number of anilines is 1. The van der Waals surface area contributed by atoms with Gasteiger partial charge in [0, 0.05) is 4.88 Å². The van der Waals surface area contributed by atoms with E-state index < -0.39 is 24.2 Å².